The number of carbonyl (C=O) groups is 2. The third kappa shape index (κ3) is 8.06. The number of halogens is 2. The molecule has 0 fully saturated rings. The number of carbonyl (C=O) groups excluding carboxylic acids is 2. The molecule has 0 aliphatic heterocycles. The molecule has 1 N–H and O–H groups in total. The summed E-state index contributed by atoms with van der Waals surface area (Å²) in [7, 11) is 0. The van der Waals surface area contributed by atoms with Crippen LogP contribution in [0.4, 0.5) is 0 Å². The van der Waals surface area contributed by atoms with Gasteiger partial charge < -0.3 is 10.2 Å². The third-order valence-electron chi connectivity index (χ3n) is 5.00. The highest BCUT2D eigenvalue weighted by molar-refractivity contribution is 7.99. The van der Waals surface area contributed by atoms with Gasteiger partial charge in [-0.05, 0) is 38.0 Å². The van der Waals surface area contributed by atoms with E-state index >= 15 is 0 Å². The number of unbranched alkanes of at least 4 members (excludes halogenated alkanes) is 1. The summed E-state index contributed by atoms with van der Waals surface area (Å²) in [5.41, 5.74) is 3.01. The average molecular weight is 481 g/mol. The molecule has 0 saturated carbocycles. The van der Waals surface area contributed by atoms with E-state index in [9.17, 15) is 9.59 Å². The molecular weight excluding hydrogens is 451 g/mol. The molecule has 2 aromatic rings. The molecule has 1 atom stereocenters. The minimum absolute atomic E-state index is 0.119. The Morgan fingerprint density at radius 2 is 1.74 bits per heavy atom. The van der Waals surface area contributed by atoms with Gasteiger partial charge in [-0.3, -0.25) is 9.59 Å². The van der Waals surface area contributed by atoms with Gasteiger partial charge in [0.05, 0.1) is 5.75 Å². The first-order valence-corrected chi connectivity index (χ1v) is 12.4. The number of thioether (sulfide) groups is 1. The van der Waals surface area contributed by atoms with E-state index < -0.39 is 6.04 Å². The fourth-order valence-electron chi connectivity index (χ4n) is 3.00. The summed E-state index contributed by atoms with van der Waals surface area (Å²) in [6.45, 7) is 6.64. The molecule has 2 aromatic carbocycles. The summed E-state index contributed by atoms with van der Waals surface area (Å²) >= 11 is 14.2. The zero-order valence-electron chi connectivity index (χ0n) is 18.3. The summed E-state index contributed by atoms with van der Waals surface area (Å²) in [6.07, 6.45) is 1.89. The van der Waals surface area contributed by atoms with Crippen LogP contribution in [-0.2, 0) is 21.9 Å². The Kier molecular flexibility index (Phi) is 10.7. The van der Waals surface area contributed by atoms with Crippen LogP contribution in [0.5, 0.6) is 0 Å². The van der Waals surface area contributed by atoms with Gasteiger partial charge in [0.15, 0.2) is 0 Å². The highest BCUT2D eigenvalue weighted by atomic mass is 35.5. The SMILES string of the molecule is CCCCNC(=O)[C@@H](C)N(Cc1c(Cl)cccc1Cl)C(=O)CSCc1ccc(C)cc1. The predicted octanol–water partition coefficient (Wildman–Crippen LogP) is 5.87. The van der Waals surface area contributed by atoms with Crippen molar-refractivity contribution >= 4 is 46.8 Å². The van der Waals surface area contributed by atoms with Crippen molar-refractivity contribution in [3.8, 4) is 0 Å². The van der Waals surface area contributed by atoms with Gasteiger partial charge in [-0.2, -0.15) is 0 Å². The van der Waals surface area contributed by atoms with Crippen LogP contribution in [0, 0.1) is 6.92 Å². The van der Waals surface area contributed by atoms with Gasteiger partial charge in [0.25, 0.3) is 0 Å². The van der Waals surface area contributed by atoms with Crippen molar-refractivity contribution in [1.82, 2.24) is 10.2 Å². The number of nitrogens with one attached hydrogen (secondary N) is 1. The summed E-state index contributed by atoms with van der Waals surface area (Å²) in [4.78, 5) is 27.4. The number of aryl methyl sites for hydroxylation is 1. The smallest absolute Gasteiger partial charge is 0.242 e. The maximum Gasteiger partial charge on any atom is 0.242 e. The Hall–Kier alpha value is -1.69. The van der Waals surface area contributed by atoms with E-state index in [0.717, 1.165) is 24.2 Å². The first-order chi connectivity index (χ1) is 14.8. The Bertz CT molecular complexity index is 854. The molecule has 0 heterocycles. The monoisotopic (exact) mass is 480 g/mol. The molecule has 0 aromatic heterocycles. The zero-order valence-corrected chi connectivity index (χ0v) is 20.6. The molecule has 7 heteroatoms. The molecule has 31 heavy (non-hydrogen) atoms. The molecule has 2 rings (SSSR count). The van der Waals surface area contributed by atoms with E-state index in [0.29, 0.717) is 22.2 Å². The molecule has 0 bridgehead atoms. The standard InChI is InChI=1S/C24H30Cl2N2O2S/c1-4-5-13-27-24(30)18(3)28(14-20-21(25)7-6-8-22(20)26)23(29)16-31-15-19-11-9-17(2)10-12-19/h6-12,18H,4-5,13-16H2,1-3H3,(H,27,30)/t18-/m1/s1. The van der Waals surface area contributed by atoms with Crippen LogP contribution in [-0.4, -0.2) is 35.1 Å². The lowest BCUT2D eigenvalue weighted by Crippen LogP contribution is -2.48. The Balaban J connectivity index is 2.10. The van der Waals surface area contributed by atoms with Gasteiger partial charge in [0.1, 0.15) is 6.04 Å². The number of nitrogens with zero attached hydrogens (tertiary/aromatic N) is 1. The molecule has 0 aliphatic carbocycles. The van der Waals surface area contributed by atoms with E-state index in [1.807, 2.05) is 6.92 Å². The largest absolute Gasteiger partial charge is 0.354 e. The first-order valence-electron chi connectivity index (χ1n) is 10.5. The minimum Gasteiger partial charge on any atom is -0.354 e. The molecule has 0 radical (unpaired) electrons. The second-order valence-electron chi connectivity index (χ2n) is 7.52. The maximum absolute atomic E-state index is 13.1. The highest BCUT2D eigenvalue weighted by Crippen LogP contribution is 2.27. The molecule has 168 valence electrons. The Labute approximate surface area is 199 Å². The molecule has 0 unspecified atom stereocenters. The molecule has 4 nitrogen and oxygen atoms in total. The molecule has 2 amide bonds. The van der Waals surface area contributed by atoms with Gasteiger partial charge >= 0.3 is 0 Å². The molecule has 0 aliphatic rings. The van der Waals surface area contributed by atoms with Crippen molar-refractivity contribution in [2.24, 2.45) is 0 Å². The average Bonchev–Trinajstić information content (AvgIpc) is 2.74. The van der Waals surface area contributed by atoms with Crippen molar-refractivity contribution in [1.29, 1.82) is 0 Å². The molecular formula is C24H30Cl2N2O2S. The van der Waals surface area contributed by atoms with E-state index in [1.54, 1.807) is 30.0 Å². The number of rotatable bonds is 11. The van der Waals surface area contributed by atoms with E-state index in [-0.39, 0.29) is 24.1 Å². The van der Waals surface area contributed by atoms with Gasteiger partial charge in [-0.25, -0.2) is 0 Å². The summed E-state index contributed by atoms with van der Waals surface area (Å²) in [5.74, 6) is 0.700. The number of hydrogen-bond donors (Lipinski definition) is 1. The quantitative estimate of drug-likeness (QED) is 0.409. The van der Waals surface area contributed by atoms with Crippen LogP contribution in [0.15, 0.2) is 42.5 Å². The topological polar surface area (TPSA) is 49.4 Å². The van der Waals surface area contributed by atoms with E-state index in [4.69, 9.17) is 23.2 Å². The van der Waals surface area contributed by atoms with Crippen molar-refractivity contribution in [2.45, 2.75) is 52.0 Å². The number of amides is 2. The van der Waals surface area contributed by atoms with Crippen molar-refractivity contribution in [3.63, 3.8) is 0 Å². The first kappa shape index (κ1) is 25.6. The van der Waals surface area contributed by atoms with Crippen LogP contribution in [0.2, 0.25) is 10.0 Å². The third-order valence-corrected chi connectivity index (χ3v) is 6.70. The minimum atomic E-state index is -0.628. The predicted molar refractivity (Wildman–Crippen MR) is 132 cm³/mol. The van der Waals surface area contributed by atoms with Crippen LogP contribution in [0.1, 0.15) is 43.4 Å². The van der Waals surface area contributed by atoms with Gasteiger partial charge in [-0.15, -0.1) is 11.8 Å². The highest BCUT2D eigenvalue weighted by Gasteiger charge is 2.27. The van der Waals surface area contributed by atoms with Gasteiger partial charge in [0.2, 0.25) is 11.8 Å². The van der Waals surface area contributed by atoms with Crippen LogP contribution in [0.25, 0.3) is 0 Å². The molecule has 0 spiro atoms. The fraction of sp³-hybridized carbons (Fsp3) is 0.417. The molecule has 0 saturated heterocycles. The van der Waals surface area contributed by atoms with E-state index in [2.05, 4.69) is 36.5 Å². The zero-order chi connectivity index (χ0) is 22.8. The lowest BCUT2D eigenvalue weighted by molar-refractivity contribution is -0.138. The van der Waals surface area contributed by atoms with Crippen LogP contribution in [0.3, 0.4) is 0 Å². The Morgan fingerprint density at radius 1 is 1.10 bits per heavy atom. The number of benzene rings is 2. The van der Waals surface area contributed by atoms with Crippen LogP contribution >= 0.6 is 35.0 Å². The fourth-order valence-corrected chi connectivity index (χ4v) is 4.38. The summed E-state index contributed by atoms with van der Waals surface area (Å²) in [6, 6.07) is 12.9. The van der Waals surface area contributed by atoms with Crippen molar-refractivity contribution in [2.75, 3.05) is 12.3 Å². The van der Waals surface area contributed by atoms with Crippen molar-refractivity contribution < 1.29 is 9.59 Å². The lowest BCUT2D eigenvalue weighted by Gasteiger charge is -2.29. The second-order valence-corrected chi connectivity index (χ2v) is 9.32. The van der Waals surface area contributed by atoms with Crippen molar-refractivity contribution in [3.05, 3.63) is 69.2 Å². The second kappa shape index (κ2) is 13.0. The Morgan fingerprint density at radius 3 is 2.35 bits per heavy atom. The van der Waals surface area contributed by atoms with Crippen LogP contribution < -0.4 is 5.32 Å². The van der Waals surface area contributed by atoms with E-state index in [1.165, 1.54) is 17.3 Å². The normalized spacial score (nSPS) is 11.8. The lowest BCUT2D eigenvalue weighted by atomic mass is 10.1. The summed E-state index contributed by atoms with van der Waals surface area (Å²) < 4.78 is 0. The van der Waals surface area contributed by atoms with Gasteiger partial charge in [0, 0.05) is 34.5 Å². The van der Waals surface area contributed by atoms with Gasteiger partial charge in [-0.1, -0.05) is 72.4 Å². The number of hydrogen-bond acceptors (Lipinski definition) is 3. The summed E-state index contributed by atoms with van der Waals surface area (Å²) in [5, 5.41) is 3.88. The maximum atomic E-state index is 13.1.